The summed E-state index contributed by atoms with van der Waals surface area (Å²) in [5.74, 6) is 0. The van der Waals surface area contributed by atoms with Gasteiger partial charge in [-0.05, 0) is 24.8 Å². The summed E-state index contributed by atoms with van der Waals surface area (Å²) < 4.78 is 5.85. The molecular weight excluding hydrogens is 224 g/mol. The molecule has 1 fully saturated rings. The molecule has 1 aliphatic rings. The highest BCUT2D eigenvalue weighted by Gasteiger charge is 2.22. The Kier molecular flexibility index (Phi) is 5.19. The quantitative estimate of drug-likeness (QED) is 0.569. The van der Waals surface area contributed by atoms with E-state index in [1.807, 2.05) is 6.07 Å². The lowest BCUT2D eigenvalue weighted by Crippen LogP contribution is -2.23. The van der Waals surface area contributed by atoms with Crippen LogP contribution in [0.4, 0.5) is 0 Å². The first-order valence-corrected chi connectivity index (χ1v) is 6.63. The van der Waals surface area contributed by atoms with Crippen molar-refractivity contribution < 1.29 is 4.74 Å². The van der Waals surface area contributed by atoms with Crippen molar-refractivity contribution in [2.24, 2.45) is 0 Å². The van der Waals surface area contributed by atoms with E-state index in [0.29, 0.717) is 12.6 Å². The fourth-order valence-corrected chi connectivity index (χ4v) is 2.35. The lowest BCUT2D eigenvalue weighted by atomic mass is 10.1. The minimum absolute atomic E-state index is 0.328. The second-order valence-electron chi connectivity index (χ2n) is 4.76. The molecule has 0 aliphatic carbocycles. The van der Waals surface area contributed by atoms with Gasteiger partial charge >= 0.3 is 0 Å². The largest absolute Gasteiger partial charge is 0.377 e. The number of hydrogen-bond acceptors (Lipinski definition) is 3. The number of nitrogens with zero attached hydrogens (tertiary/aromatic N) is 2. The van der Waals surface area contributed by atoms with Gasteiger partial charge in [0, 0.05) is 19.7 Å². The molecule has 96 valence electrons. The summed E-state index contributed by atoms with van der Waals surface area (Å²) in [5, 5.41) is 8.62. The predicted molar refractivity (Wildman–Crippen MR) is 71.2 cm³/mol. The Morgan fingerprint density at radius 1 is 1.33 bits per heavy atom. The van der Waals surface area contributed by atoms with Crippen molar-refractivity contribution in [1.82, 2.24) is 4.90 Å². The standard InChI is InChI=1S/C15H20N2O/c16-9-11-17-10-8-15(13-17)18-12-4-7-14-5-2-1-3-6-14/h1-3,5-6,15H,4,7-8,10-13H2/t15-/m1/s1. The SMILES string of the molecule is N#CCN1CC[C@@H](OCCCc2ccccc2)C1. The van der Waals surface area contributed by atoms with Crippen molar-refractivity contribution in [2.45, 2.75) is 25.4 Å². The van der Waals surface area contributed by atoms with E-state index in [9.17, 15) is 0 Å². The number of likely N-dealkylation sites (tertiary alicyclic amines) is 1. The first kappa shape index (κ1) is 13.1. The average molecular weight is 244 g/mol. The van der Waals surface area contributed by atoms with Gasteiger partial charge in [-0.15, -0.1) is 0 Å². The second-order valence-corrected chi connectivity index (χ2v) is 4.76. The molecule has 18 heavy (non-hydrogen) atoms. The van der Waals surface area contributed by atoms with Gasteiger partial charge in [0.1, 0.15) is 0 Å². The summed E-state index contributed by atoms with van der Waals surface area (Å²) in [4.78, 5) is 2.15. The van der Waals surface area contributed by atoms with Gasteiger partial charge in [-0.1, -0.05) is 30.3 Å². The van der Waals surface area contributed by atoms with Crippen molar-refractivity contribution in [3.05, 3.63) is 35.9 Å². The van der Waals surface area contributed by atoms with Gasteiger partial charge < -0.3 is 4.74 Å². The molecule has 2 rings (SSSR count). The van der Waals surface area contributed by atoms with Crippen LogP contribution in [0.2, 0.25) is 0 Å². The van der Waals surface area contributed by atoms with Crippen LogP contribution in [-0.2, 0) is 11.2 Å². The Labute approximate surface area is 109 Å². The van der Waals surface area contributed by atoms with Crippen LogP contribution in [0.3, 0.4) is 0 Å². The number of hydrogen-bond donors (Lipinski definition) is 0. The zero-order valence-electron chi connectivity index (χ0n) is 10.7. The highest BCUT2D eigenvalue weighted by Crippen LogP contribution is 2.12. The highest BCUT2D eigenvalue weighted by molar-refractivity contribution is 5.14. The number of rotatable bonds is 6. The van der Waals surface area contributed by atoms with E-state index >= 15 is 0 Å². The molecule has 3 heteroatoms. The normalized spacial score (nSPS) is 19.8. The molecule has 0 bridgehead atoms. The Hall–Kier alpha value is -1.37. The fraction of sp³-hybridized carbons (Fsp3) is 0.533. The van der Waals surface area contributed by atoms with Crippen LogP contribution >= 0.6 is 0 Å². The average Bonchev–Trinajstić information content (AvgIpc) is 2.84. The van der Waals surface area contributed by atoms with Gasteiger partial charge in [0.25, 0.3) is 0 Å². The molecule has 0 saturated carbocycles. The third-order valence-electron chi connectivity index (χ3n) is 3.33. The van der Waals surface area contributed by atoms with Crippen LogP contribution < -0.4 is 0 Å². The molecule has 0 radical (unpaired) electrons. The van der Waals surface area contributed by atoms with E-state index in [1.54, 1.807) is 0 Å². The predicted octanol–water partition coefficient (Wildman–Crippen LogP) is 2.23. The minimum atomic E-state index is 0.328. The number of nitriles is 1. The summed E-state index contributed by atoms with van der Waals surface area (Å²) in [7, 11) is 0. The van der Waals surface area contributed by atoms with E-state index in [0.717, 1.165) is 39.0 Å². The summed E-state index contributed by atoms with van der Waals surface area (Å²) >= 11 is 0. The third-order valence-corrected chi connectivity index (χ3v) is 3.33. The molecule has 0 N–H and O–H groups in total. The first-order chi connectivity index (χ1) is 8.88. The fourth-order valence-electron chi connectivity index (χ4n) is 2.35. The summed E-state index contributed by atoms with van der Waals surface area (Å²) in [6, 6.07) is 12.7. The maximum absolute atomic E-state index is 8.62. The van der Waals surface area contributed by atoms with Crippen LogP contribution in [-0.4, -0.2) is 37.2 Å². The summed E-state index contributed by atoms with van der Waals surface area (Å²) in [5.41, 5.74) is 1.37. The lowest BCUT2D eigenvalue weighted by Gasteiger charge is -2.13. The Bertz CT molecular complexity index is 385. The Morgan fingerprint density at radius 3 is 2.94 bits per heavy atom. The lowest BCUT2D eigenvalue weighted by molar-refractivity contribution is 0.0586. The van der Waals surface area contributed by atoms with Crippen molar-refractivity contribution >= 4 is 0 Å². The van der Waals surface area contributed by atoms with Gasteiger partial charge in [-0.3, -0.25) is 4.90 Å². The van der Waals surface area contributed by atoms with Gasteiger partial charge in [-0.25, -0.2) is 0 Å². The smallest absolute Gasteiger partial charge is 0.0866 e. The molecule has 0 unspecified atom stereocenters. The molecule has 1 atom stereocenters. The second kappa shape index (κ2) is 7.15. The molecular formula is C15H20N2O. The van der Waals surface area contributed by atoms with Crippen LogP contribution in [0.25, 0.3) is 0 Å². The van der Waals surface area contributed by atoms with Crippen LogP contribution in [0, 0.1) is 11.3 Å². The van der Waals surface area contributed by atoms with Gasteiger partial charge in [0.05, 0.1) is 18.7 Å². The zero-order chi connectivity index (χ0) is 12.6. The molecule has 0 amide bonds. The minimum Gasteiger partial charge on any atom is -0.377 e. The van der Waals surface area contributed by atoms with E-state index in [4.69, 9.17) is 10.00 Å². The molecule has 0 aromatic heterocycles. The van der Waals surface area contributed by atoms with Crippen molar-refractivity contribution in [3.63, 3.8) is 0 Å². The van der Waals surface area contributed by atoms with Gasteiger partial charge in [0.15, 0.2) is 0 Å². The van der Waals surface area contributed by atoms with E-state index < -0.39 is 0 Å². The maximum Gasteiger partial charge on any atom is 0.0866 e. The van der Waals surface area contributed by atoms with E-state index in [2.05, 4.69) is 35.2 Å². The molecule has 3 nitrogen and oxygen atoms in total. The van der Waals surface area contributed by atoms with Crippen molar-refractivity contribution in [1.29, 1.82) is 5.26 Å². The van der Waals surface area contributed by atoms with Crippen LogP contribution in [0.5, 0.6) is 0 Å². The first-order valence-electron chi connectivity index (χ1n) is 6.63. The summed E-state index contributed by atoms with van der Waals surface area (Å²) in [6.45, 7) is 3.26. The summed E-state index contributed by atoms with van der Waals surface area (Å²) in [6.07, 6.45) is 3.54. The zero-order valence-corrected chi connectivity index (χ0v) is 10.7. The molecule has 1 aromatic carbocycles. The topological polar surface area (TPSA) is 36.3 Å². The number of ether oxygens (including phenoxy) is 1. The van der Waals surface area contributed by atoms with Gasteiger partial charge in [-0.2, -0.15) is 5.26 Å². The molecule has 0 spiro atoms. The number of aryl methyl sites for hydroxylation is 1. The van der Waals surface area contributed by atoms with Crippen LogP contribution in [0.15, 0.2) is 30.3 Å². The molecule has 1 aliphatic heterocycles. The number of benzene rings is 1. The highest BCUT2D eigenvalue weighted by atomic mass is 16.5. The van der Waals surface area contributed by atoms with Gasteiger partial charge in [0.2, 0.25) is 0 Å². The van der Waals surface area contributed by atoms with Crippen molar-refractivity contribution in [3.8, 4) is 6.07 Å². The molecule has 1 heterocycles. The Morgan fingerprint density at radius 2 is 2.17 bits per heavy atom. The van der Waals surface area contributed by atoms with Crippen LogP contribution in [0.1, 0.15) is 18.4 Å². The van der Waals surface area contributed by atoms with E-state index in [-0.39, 0.29) is 0 Å². The maximum atomic E-state index is 8.62. The molecule has 1 saturated heterocycles. The van der Waals surface area contributed by atoms with E-state index in [1.165, 1.54) is 5.56 Å². The van der Waals surface area contributed by atoms with Crippen molar-refractivity contribution in [2.75, 3.05) is 26.2 Å². The third kappa shape index (κ3) is 4.14. The molecule has 1 aromatic rings. The Balaban J connectivity index is 1.58. The monoisotopic (exact) mass is 244 g/mol.